The van der Waals surface area contributed by atoms with Crippen LogP contribution in [-0.4, -0.2) is 44.9 Å². The van der Waals surface area contributed by atoms with Crippen LogP contribution in [0.1, 0.15) is 38.5 Å². The van der Waals surface area contributed by atoms with Gasteiger partial charge in [-0.15, -0.1) is 0 Å². The SMILES string of the molecule is COc1ccc(S(=O)(=O)N2CCCC(C(=O)NC3CCCC3)C2)cc1Cl. The number of hydrogen-bond acceptors (Lipinski definition) is 4. The molecule has 0 radical (unpaired) electrons. The van der Waals surface area contributed by atoms with E-state index in [0.717, 1.165) is 25.7 Å². The standard InChI is InChI=1S/C18H25ClN2O4S/c1-25-17-9-8-15(11-16(17)19)26(23,24)21-10-4-5-13(12-21)18(22)20-14-6-2-3-7-14/h8-9,11,13-14H,2-7,10,12H2,1H3,(H,20,22). The molecule has 1 saturated heterocycles. The largest absolute Gasteiger partial charge is 0.495 e. The number of carbonyl (C=O) groups excluding carboxylic acids is 1. The number of carbonyl (C=O) groups is 1. The van der Waals surface area contributed by atoms with Crippen molar-refractivity contribution in [3.63, 3.8) is 0 Å². The molecule has 1 unspecified atom stereocenters. The van der Waals surface area contributed by atoms with Gasteiger partial charge in [-0.05, 0) is 43.9 Å². The molecule has 1 saturated carbocycles. The predicted molar refractivity (Wildman–Crippen MR) is 99.9 cm³/mol. The summed E-state index contributed by atoms with van der Waals surface area (Å²) in [7, 11) is -2.21. The summed E-state index contributed by atoms with van der Waals surface area (Å²) in [5, 5.41) is 3.34. The highest BCUT2D eigenvalue weighted by atomic mass is 35.5. The molecule has 1 amide bonds. The summed E-state index contributed by atoms with van der Waals surface area (Å²) in [4.78, 5) is 12.7. The molecule has 6 nitrogen and oxygen atoms in total. The number of benzene rings is 1. The summed E-state index contributed by atoms with van der Waals surface area (Å²) in [6, 6.07) is 4.68. The van der Waals surface area contributed by atoms with Crippen molar-refractivity contribution in [2.75, 3.05) is 20.2 Å². The minimum absolute atomic E-state index is 0.0236. The van der Waals surface area contributed by atoms with Gasteiger partial charge in [-0.3, -0.25) is 4.79 Å². The predicted octanol–water partition coefficient (Wildman–Crippen LogP) is 2.81. The van der Waals surface area contributed by atoms with Crippen LogP contribution < -0.4 is 10.1 Å². The second-order valence-electron chi connectivity index (χ2n) is 6.99. The smallest absolute Gasteiger partial charge is 0.243 e. The molecular weight excluding hydrogens is 376 g/mol. The third-order valence-electron chi connectivity index (χ3n) is 5.22. The van der Waals surface area contributed by atoms with Crippen molar-refractivity contribution < 1.29 is 17.9 Å². The Labute approximate surface area is 159 Å². The number of sulfonamides is 1. The van der Waals surface area contributed by atoms with Gasteiger partial charge in [-0.1, -0.05) is 24.4 Å². The topological polar surface area (TPSA) is 75.7 Å². The van der Waals surface area contributed by atoms with Crippen LogP contribution in [0.5, 0.6) is 5.75 Å². The molecule has 1 aromatic rings. The van der Waals surface area contributed by atoms with Crippen molar-refractivity contribution in [3.05, 3.63) is 23.2 Å². The van der Waals surface area contributed by atoms with Crippen LogP contribution in [-0.2, 0) is 14.8 Å². The second kappa shape index (κ2) is 8.15. The number of piperidine rings is 1. The van der Waals surface area contributed by atoms with Crippen LogP contribution in [0.15, 0.2) is 23.1 Å². The van der Waals surface area contributed by atoms with Crippen LogP contribution in [0, 0.1) is 5.92 Å². The van der Waals surface area contributed by atoms with E-state index in [-0.39, 0.29) is 34.3 Å². The highest BCUT2D eigenvalue weighted by Gasteiger charge is 2.34. The van der Waals surface area contributed by atoms with E-state index in [4.69, 9.17) is 16.3 Å². The lowest BCUT2D eigenvalue weighted by Crippen LogP contribution is -2.47. The third-order valence-corrected chi connectivity index (χ3v) is 7.37. The molecule has 1 aliphatic carbocycles. The van der Waals surface area contributed by atoms with E-state index in [9.17, 15) is 13.2 Å². The van der Waals surface area contributed by atoms with Crippen molar-refractivity contribution in [1.29, 1.82) is 0 Å². The molecule has 3 rings (SSSR count). The summed E-state index contributed by atoms with van der Waals surface area (Å²) in [5.74, 6) is 0.107. The highest BCUT2D eigenvalue weighted by Crippen LogP contribution is 2.30. The van der Waals surface area contributed by atoms with Gasteiger partial charge in [0.15, 0.2) is 0 Å². The van der Waals surface area contributed by atoms with Gasteiger partial charge >= 0.3 is 0 Å². The van der Waals surface area contributed by atoms with E-state index in [2.05, 4.69) is 5.32 Å². The lowest BCUT2D eigenvalue weighted by Gasteiger charge is -2.32. The Balaban J connectivity index is 1.71. The first kappa shape index (κ1) is 19.5. The van der Waals surface area contributed by atoms with E-state index in [1.165, 1.54) is 23.5 Å². The Hall–Kier alpha value is -1.31. The van der Waals surface area contributed by atoms with Crippen LogP contribution in [0.25, 0.3) is 0 Å². The number of amides is 1. The van der Waals surface area contributed by atoms with Gasteiger partial charge in [-0.25, -0.2) is 8.42 Å². The molecule has 2 fully saturated rings. The molecule has 1 aliphatic heterocycles. The van der Waals surface area contributed by atoms with E-state index >= 15 is 0 Å². The number of nitrogens with one attached hydrogen (secondary N) is 1. The normalized spacial score (nSPS) is 22.3. The van der Waals surface area contributed by atoms with E-state index in [0.29, 0.717) is 25.1 Å². The summed E-state index contributed by atoms with van der Waals surface area (Å²) in [5.41, 5.74) is 0. The van der Waals surface area contributed by atoms with E-state index < -0.39 is 10.0 Å². The van der Waals surface area contributed by atoms with Crippen molar-refractivity contribution in [3.8, 4) is 5.75 Å². The number of methoxy groups -OCH3 is 1. The minimum Gasteiger partial charge on any atom is -0.495 e. The van der Waals surface area contributed by atoms with Gasteiger partial charge in [0.1, 0.15) is 5.75 Å². The molecule has 8 heteroatoms. The maximum Gasteiger partial charge on any atom is 0.243 e. The molecule has 26 heavy (non-hydrogen) atoms. The van der Waals surface area contributed by atoms with E-state index in [1.54, 1.807) is 6.07 Å². The van der Waals surface area contributed by atoms with Gasteiger partial charge in [0.25, 0.3) is 0 Å². The van der Waals surface area contributed by atoms with Crippen molar-refractivity contribution >= 4 is 27.5 Å². The van der Waals surface area contributed by atoms with Gasteiger partial charge in [0, 0.05) is 19.1 Å². The number of hydrogen-bond donors (Lipinski definition) is 1. The summed E-state index contributed by atoms with van der Waals surface area (Å²) >= 11 is 6.08. The number of halogens is 1. The third kappa shape index (κ3) is 4.15. The highest BCUT2D eigenvalue weighted by molar-refractivity contribution is 7.89. The summed E-state index contributed by atoms with van der Waals surface area (Å²) in [6.07, 6.45) is 5.72. The lowest BCUT2D eigenvalue weighted by atomic mass is 9.98. The van der Waals surface area contributed by atoms with Gasteiger partial charge < -0.3 is 10.1 Å². The minimum atomic E-state index is -3.69. The fraction of sp³-hybridized carbons (Fsp3) is 0.611. The Morgan fingerprint density at radius 1 is 1.23 bits per heavy atom. The van der Waals surface area contributed by atoms with Gasteiger partial charge in [0.05, 0.1) is 22.9 Å². The van der Waals surface area contributed by atoms with Gasteiger partial charge in [-0.2, -0.15) is 4.31 Å². The van der Waals surface area contributed by atoms with Crippen LogP contribution >= 0.6 is 11.6 Å². The number of rotatable bonds is 5. The molecule has 1 heterocycles. The molecule has 2 aliphatic rings. The average molecular weight is 401 g/mol. The molecule has 1 aromatic carbocycles. The van der Waals surface area contributed by atoms with Gasteiger partial charge in [0.2, 0.25) is 15.9 Å². The zero-order valence-electron chi connectivity index (χ0n) is 14.9. The van der Waals surface area contributed by atoms with Crippen molar-refractivity contribution in [2.45, 2.75) is 49.5 Å². The first-order chi connectivity index (χ1) is 12.4. The van der Waals surface area contributed by atoms with Crippen molar-refractivity contribution in [2.24, 2.45) is 5.92 Å². The zero-order valence-corrected chi connectivity index (χ0v) is 16.5. The van der Waals surface area contributed by atoms with E-state index in [1.807, 2.05) is 0 Å². The first-order valence-corrected chi connectivity index (χ1v) is 10.9. The quantitative estimate of drug-likeness (QED) is 0.824. The molecular formula is C18H25ClN2O4S. The monoisotopic (exact) mass is 400 g/mol. The maximum atomic E-state index is 12.9. The summed E-state index contributed by atoms with van der Waals surface area (Å²) in [6.45, 7) is 0.629. The average Bonchev–Trinajstić information content (AvgIpc) is 3.14. The second-order valence-corrected chi connectivity index (χ2v) is 9.33. The van der Waals surface area contributed by atoms with Crippen LogP contribution in [0.4, 0.5) is 0 Å². The Morgan fingerprint density at radius 3 is 2.62 bits per heavy atom. The number of nitrogens with zero attached hydrogens (tertiary/aromatic N) is 1. The molecule has 1 atom stereocenters. The Bertz CT molecular complexity index is 762. The van der Waals surface area contributed by atoms with Crippen LogP contribution in [0.3, 0.4) is 0 Å². The molecule has 144 valence electrons. The lowest BCUT2D eigenvalue weighted by molar-refractivity contribution is -0.126. The zero-order chi connectivity index (χ0) is 18.7. The van der Waals surface area contributed by atoms with Crippen molar-refractivity contribution in [1.82, 2.24) is 9.62 Å². The fourth-order valence-electron chi connectivity index (χ4n) is 3.72. The Kier molecular flexibility index (Phi) is 6.10. The fourth-order valence-corrected chi connectivity index (χ4v) is 5.59. The molecule has 1 N–H and O–H groups in total. The molecule has 0 bridgehead atoms. The van der Waals surface area contributed by atoms with Crippen LogP contribution in [0.2, 0.25) is 5.02 Å². The maximum absolute atomic E-state index is 12.9. The summed E-state index contributed by atoms with van der Waals surface area (Å²) < 4.78 is 32.4. The molecule has 0 aromatic heterocycles. The molecule has 0 spiro atoms. The first-order valence-electron chi connectivity index (χ1n) is 9.06. The number of ether oxygens (including phenoxy) is 1. The Morgan fingerprint density at radius 2 is 1.96 bits per heavy atom.